The van der Waals surface area contributed by atoms with E-state index in [9.17, 15) is 9.59 Å². The Bertz CT molecular complexity index is 831. The van der Waals surface area contributed by atoms with Gasteiger partial charge >= 0.3 is 0 Å². The summed E-state index contributed by atoms with van der Waals surface area (Å²) in [5, 5.41) is 3.91. The highest BCUT2D eigenvalue weighted by molar-refractivity contribution is 9.10. The molecular formula is C20H21BrCl2N2O3. The summed E-state index contributed by atoms with van der Waals surface area (Å²) < 4.78 is 6.28. The molecule has 0 heterocycles. The molecule has 28 heavy (non-hydrogen) atoms. The quantitative estimate of drug-likeness (QED) is 0.587. The lowest BCUT2D eigenvalue weighted by molar-refractivity contribution is -0.142. The monoisotopic (exact) mass is 486 g/mol. The number of ether oxygens (including phenoxy) is 1. The van der Waals surface area contributed by atoms with Crippen LogP contribution in [0.25, 0.3) is 0 Å². The smallest absolute Gasteiger partial charge is 0.261 e. The van der Waals surface area contributed by atoms with Crippen molar-refractivity contribution in [1.82, 2.24) is 10.2 Å². The Morgan fingerprint density at radius 2 is 1.79 bits per heavy atom. The molecule has 0 aliphatic heterocycles. The molecule has 1 N–H and O–H groups in total. The van der Waals surface area contributed by atoms with E-state index in [2.05, 4.69) is 21.2 Å². The van der Waals surface area contributed by atoms with Crippen molar-refractivity contribution in [1.29, 1.82) is 0 Å². The number of nitrogens with zero attached hydrogens (tertiary/aromatic N) is 1. The minimum atomic E-state index is -0.652. The first kappa shape index (κ1) is 22.5. The topological polar surface area (TPSA) is 58.6 Å². The SMILES string of the molecule is CCNC(=O)[C@@H](C)N(Cc1ccc(Cl)cc1)C(=O)COc1ccc(Cl)cc1Br. The van der Waals surface area contributed by atoms with E-state index in [0.717, 1.165) is 5.56 Å². The molecular weight excluding hydrogens is 467 g/mol. The van der Waals surface area contributed by atoms with Crippen LogP contribution in [0.5, 0.6) is 5.75 Å². The zero-order valence-corrected chi connectivity index (χ0v) is 18.6. The molecule has 0 aliphatic carbocycles. The van der Waals surface area contributed by atoms with Gasteiger partial charge in [0.1, 0.15) is 11.8 Å². The van der Waals surface area contributed by atoms with E-state index in [4.69, 9.17) is 27.9 Å². The van der Waals surface area contributed by atoms with E-state index >= 15 is 0 Å². The summed E-state index contributed by atoms with van der Waals surface area (Å²) in [6.07, 6.45) is 0. The van der Waals surface area contributed by atoms with E-state index < -0.39 is 6.04 Å². The Morgan fingerprint density at radius 3 is 2.39 bits per heavy atom. The minimum Gasteiger partial charge on any atom is -0.483 e. The van der Waals surface area contributed by atoms with Crippen LogP contribution in [0.4, 0.5) is 0 Å². The van der Waals surface area contributed by atoms with Crippen LogP contribution >= 0.6 is 39.1 Å². The number of hydrogen-bond acceptors (Lipinski definition) is 3. The largest absolute Gasteiger partial charge is 0.483 e. The number of hydrogen-bond donors (Lipinski definition) is 1. The van der Waals surface area contributed by atoms with Gasteiger partial charge in [0.15, 0.2) is 6.61 Å². The Morgan fingerprint density at radius 1 is 1.14 bits per heavy atom. The van der Waals surface area contributed by atoms with E-state index in [1.54, 1.807) is 37.3 Å². The molecule has 0 radical (unpaired) electrons. The van der Waals surface area contributed by atoms with Crippen LogP contribution in [0, 0.1) is 0 Å². The maximum absolute atomic E-state index is 12.9. The van der Waals surface area contributed by atoms with Crippen molar-refractivity contribution in [2.75, 3.05) is 13.2 Å². The van der Waals surface area contributed by atoms with Crippen LogP contribution in [0.3, 0.4) is 0 Å². The third-order valence-electron chi connectivity index (χ3n) is 4.03. The minimum absolute atomic E-state index is 0.211. The van der Waals surface area contributed by atoms with Gasteiger partial charge in [-0.2, -0.15) is 0 Å². The molecule has 5 nitrogen and oxygen atoms in total. The van der Waals surface area contributed by atoms with Gasteiger partial charge in [-0.1, -0.05) is 35.3 Å². The van der Waals surface area contributed by atoms with Crippen LogP contribution in [0.1, 0.15) is 19.4 Å². The number of nitrogens with one attached hydrogen (secondary N) is 1. The molecule has 1 atom stereocenters. The first-order valence-corrected chi connectivity index (χ1v) is 10.3. The van der Waals surface area contributed by atoms with Gasteiger partial charge in [0.25, 0.3) is 5.91 Å². The normalized spacial score (nSPS) is 11.6. The van der Waals surface area contributed by atoms with Crippen molar-refractivity contribution in [3.05, 3.63) is 62.5 Å². The van der Waals surface area contributed by atoms with Crippen molar-refractivity contribution in [3.63, 3.8) is 0 Å². The van der Waals surface area contributed by atoms with Gasteiger partial charge in [-0.25, -0.2) is 0 Å². The maximum Gasteiger partial charge on any atom is 0.261 e. The highest BCUT2D eigenvalue weighted by atomic mass is 79.9. The van der Waals surface area contributed by atoms with Gasteiger partial charge in [0, 0.05) is 23.1 Å². The number of halogens is 3. The van der Waals surface area contributed by atoms with Gasteiger partial charge in [0.05, 0.1) is 4.47 Å². The standard InChI is InChI=1S/C20H21BrCl2N2O3/c1-3-24-20(27)13(2)25(11-14-4-6-15(22)7-5-14)19(26)12-28-18-9-8-16(23)10-17(18)21/h4-10,13H,3,11-12H2,1-2H3,(H,24,27)/t13-/m1/s1. The molecule has 2 aromatic carbocycles. The summed E-state index contributed by atoms with van der Waals surface area (Å²) in [7, 11) is 0. The second kappa shape index (κ2) is 10.7. The molecule has 2 amide bonds. The van der Waals surface area contributed by atoms with Crippen molar-refractivity contribution >= 4 is 50.9 Å². The molecule has 0 fully saturated rings. The van der Waals surface area contributed by atoms with Gasteiger partial charge in [-0.15, -0.1) is 0 Å². The highest BCUT2D eigenvalue weighted by Gasteiger charge is 2.26. The first-order chi connectivity index (χ1) is 13.3. The third kappa shape index (κ3) is 6.40. The maximum atomic E-state index is 12.9. The molecule has 8 heteroatoms. The Hall–Kier alpha value is -1.76. The molecule has 0 unspecified atom stereocenters. The fourth-order valence-electron chi connectivity index (χ4n) is 2.51. The highest BCUT2D eigenvalue weighted by Crippen LogP contribution is 2.28. The van der Waals surface area contributed by atoms with Crippen molar-refractivity contribution in [2.24, 2.45) is 0 Å². The predicted molar refractivity (Wildman–Crippen MR) is 115 cm³/mol. The van der Waals surface area contributed by atoms with E-state index in [1.165, 1.54) is 4.90 Å². The number of carbonyl (C=O) groups is 2. The number of likely N-dealkylation sites (N-methyl/N-ethyl adjacent to an activating group) is 1. The lowest BCUT2D eigenvalue weighted by atomic mass is 10.1. The van der Waals surface area contributed by atoms with Crippen molar-refractivity contribution < 1.29 is 14.3 Å². The molecule has 2 aromatic rings. The van der Waals surface area contributed by atoms with Crippen molar-refractivity contribution in [3.8, 4) is 5.75 Å². The van der Waals surface area contributed by atoms with Crippen LogP contribution in [0.2, 0.25) is 10.0 Å². The van der Waals surface area contributed by atoms with Gasteiger partial charge in [0.2, 0.25) is 5.91 Å². The molecule has 2 rings (SSSR count). The zero-order valence-electron chi connectivity index (χ0n) is 15.5. The number of carbonyl (C=O) groups excluding carboxylic acids is 2. The van der Waals surface area contributed by atoms with E-state index in [-0.39, 0.29) is 25.0 Å². The fraction of sp³-hybridized carbons (Fsp3) is 0.300. The summed E-state index contributed by atoms with van der Waals surface area (Å²) >= 11 is 15.2. The Balaban J connectivity index is 2.15. The average molecular weight is 488 g/mol. The summed E-state index contributed by atoms with van der Waals surface area (Å²) in [6, 6.07) is 11.5. The summed E-state index contributed by atoms with van der Waals surface area (Å²) in [6.45, 7) is 4.06. The predicted octanol–water partition coefficient (Wildman–Crippen LogP) is 4.69. The van der Waals surface area contributed by atoms with Gasteiger partial charge < -0.3 is 15.0 Å². The Labute approximate surface area is 183 Å². The third-order valence-corrected chi connectivity index (χ3v) is 5.14. The molecule has 0 saturated heterocycles. The summed E-state index contributed by atoms with van der Waals surface area (Å²) in [4.78, 5) is 26.7. The lowest BCUT2D eigenvalue weighted by Gasteiger charge is -2.28. The summed E-state index contributed by atoms with van der Waals surface area (Å²) in [5.41, 5.74) is 0.863. The number of benzene rings is 2. The van der Waals surface area contributed by atoms with Crippen LogP contribution in [-0.2, 0) is 16.1 Å². The fourth-order valence-corrected chi connectivity index (χ4v) is 3.43. The van der Waals surface area contributed by atoms with Crippen LogP contribution in [-0.4, -0.2) is 35.9 Å². The molecule has 0 bridgehead atoms. The number of rotatable bonds is 8. The molecule has 0 saturated carbocycles. The van der Waals surface area contributed by atoms with Gasteiger partial charge in [-0.3, -0.25) is 9.59 Å². The second-order valence-corrected chi connectivity index (χ2v) is 7.81. The first-order valence-electron chi connectivity index (χ1n) is 8.71. The summed E-state index contributed by atoms with van der Waals surface area (Å²) in [5.74, 6) is -0.0390. The van der Waals surface area contributed by atoms with E-state index in [1.807, 2.05) is 19.1 Å². The lowest BCUT2D eigenvalue weighted by Crippen LogP contribution is -2.49. The molecule has 0 aromatic heterocycles. The van der Waals surface area contributed by atoms with Crippen LogP contribution in [0.15, 0.2) is 46.9 Å². The zero-order chi connectivity index (χ0) is 20.7. The molecule has 150 valence electrons. The number of amides is 2. The molecule has 0 spiro atoms. The van der Waals surface area contributed by atoms with Crippen molar-refractivity contribution in [2.45, 2.75) is 26.4 Å². The molecule has 0 aliphatic rings. The second-order valence-electron chi connectivity index (χ2n) is 6.08. The van der Waals surface area contributed by atoms with E-state index in [0.29, 0.717) is 26.8 Å². The average Bonchev–Trinajstić information content (AvgIpc) is 2.66. The van der Waals surface area contributed by atoms with Gasteiger partial charge in [-0.05, 0) is 65.7 Å². The van der Waals surface area contributed by atoms with Crippen LogP contribution < -0.4 is 10.1 Å². The Kier molecular flexibility index (Phi) is 8.60.